The quantitative estimate of drug-likeness (QED) is 0.679. The van der Waals surface area contributed by atoms with Gasteiger partial charge in [-0.25, -0.2) is 4.98 Å². The van der Waals surface area contributed by atoms with Crippen LogP contribution in [0.3, 0.4) is 0 Å². The van der Waals surface area contributed by atoms with Crippen molar-refractivity contribution in [1.29, 1.82) is 0 Å². The topological polar surface area (TPSA) is 81.4 Å². The molecule has 9 heteroatoms. The zero-order valence-electron chi connectivity index (χ0n) is 16.4. The summed E-state index contributed by atoms with van der Waals surface area (Å²) < 4.78 is 42.6. The number of nitrogens with zero attached hydrogens (tertiary/aromatic N) is 2. The van der Waals surface area contributed by atoms with Crippen LogP contribution in [-0.4, -0.2) is 27.0 Å². The van der Waals surface area contributed by atoms with E-state index in [1.54, 1.807) is 39.0 Å². The van der Waals surface area contributed by atoms with Crippen LogP contribution in [0.5, 0.6) is 5.75 Å². The van der Waals surface area contributed by atoms with Crippen LogP contribution in [0.15, 0.2) is 47.3 Å². The average Bonchev–Trinajstić information content (AvgIpc) is 2.61. The Bertz CT molecular complexity index is 1180. The van der Waals surface area contributed by atoms with Crippen molar-refractivity contribution in [2.75, 3.05) is 0 Å². The molecule has 0 saturated carbocycles. The number of aliphatic carboxylic acids is 1. The lowest BCUT2D eigenvalue weighted by atomic mass is 9.92. The second-order valence-corrected chi connectivity index (χ2v) is 7.77. The predicted octanol–water partition coefficient (Wildman–Crippen LogP) is 4.34. The number of fused-ring (bicyclic) bond motifs is 1. The fourth-order valence-electron chi connectivity index (χ4n) is 3.07. The van der Waals surface area contributed by atoms with Gasteiger partial charge in [0.05, 0.1) is 11.0 Å². The van der Waals surface area contributed by atoms with E-state index in [2.05, 4.69) is 9.72 Å². The second kappa shape index (κ2) is 7.47. The lowest BCUT2D eigenvalue weighted by molar-refractivity contribution is -0.274. The highest BCUT2D eigenvalue weighted by atomic mass is 19.4. The van der Waals surface area contributed by atoms with Crippen molar-refractivity contribution in [3.05, 3.63) is 58.5 Å². The van der Waals surface area contributed by atoms with Gasteiger partial charge in [-0.2, -0.15) is 0 Å². The van der Waals surface area contributed by atoms with Gasteiger partial charge < -0.3 is 9.84 Å². The molecule has 158 valence electrons. The van der Waals surface area contributed by atoms with Gasteiger partial charge in [0.25, 0.3) is 5.56 Å². The van der Waals surface area contributed by atoms with Crippen molar-refractivity contribution in [3.8, 4) is 16.9 Å². The van der Waals surface area contributed by atoms with Crippen molar-refractivity contribution in [1.82, 2.24) is 9.55 Å². The van der Waals surface area contributed by atoms with Crippen LogP contribution in [0.2, 0.25) is 0 Å². The Morgan fingerprint density at radius 1 is 1.10 bits per heavy atom. The third kappa shape index (κ3) is 4.61. The third-order valence-corrected chi connectivity index (χ3v) is 4.35. The Balaban J connectivity index is 2.20. The molecule has 0 unspecified atom stereocenters. The normalized spacial score (nSPS) is 12.2. The maximum atomic E-state index is 12.9. The number of aromatic nitrogens is 2. The molecule has 0 bridgehead atoms. The van der Waals surface area contributed by atoms with E-state index in [9.17, 15) is 27.9 Å². The number of carbonyl (C=O) groups is 1. The van der Waals surface area contributed by atoms with Gasteiger partial charge in [0.1, 0.15) is 18.0 Å². The van der Waals surface area contributed by atoms with Crippen LogP contribution in [0.1, 0.15) is 26.5 Å². The molecule has 2 aromatic carbocycles. The highest BCUT2D eigenvalue weighted by Gasteiger charge is 2.31. The summed E-state index contributed by atoms with van der Waals surface area (Å²) in [4.78, 5) is 28.7. The maximum Gasteiger partial charge on any atom is 0.573 e. The summed E-state index contributed by atoms with van der Waals surface area (Å²) in [5, 5.41) is 9.27. The smallest absolute Gasteiger partial charge is 0.480 e. The van der Waals surface area contributed by atoms with Crippen LogP contribution in [0.4, 0.5) is 13.2 Å². The summed E-state index contributed by atoms with van der Waals surface area (Å²) in [7, 11) is 0. The number of carboxylic acids is 1. The van der Waals surface area contributed by atoms with E-state index in [4.69, 9.17) is 0 Å². The minimum atomic E-state index is -4.82. The minimum Gasteiger partial charge on any atom is -0.480 e. The first-order chi connectivity index (χ1) is 13.8. The maximum absolute atomic E-state index is 12.9. The van der Waals surface area contributed by atoms with E-state index in [0.29, 0.717) is 16.6 Å². The number of hydrogen-bond donors (Lipinski definition) is 1. The summed E-state index contributed by atoms with van der Waals surface area (Å²) in [5.41, 5.74) is 0.676. The van der Waals surface area contributed by atoms with Crippen LogP contribution in [0.25, 0.3) is 22.2 Å². The van der Waals surface area contributed by atoms with Gasteiger partial charge >= 0.3 is 12.3 Å². The number of ether oxygens (including phenoxy) is 1. The SMILES string of the molecule is CC(C)(C)c1nc2ccc(-c3cccc(OC(F)(F)F)c3)cc2n(CC(=O)O)c1=O. The van der Waals surface area contributed by atoms with E-state index in [1.165, 1.54) is 24.3 Å². The molecule has 1 heterocycles. The number of benzene rings is 2. The molecular formula is C21H19F3N2O4. The lowest BCUT2D eigenvalue weighted by Crippen LogP contribution is -2.34. The molecule has 1 aromatic heterocycles. The molecule has 0 aliphatic rings. The molecule has 3 aromatic rings. The standard InChI is InChI=1S/C21H19F3N2O4/c1-20(2,3)18-19(29)26(11-17(27)28)16-10-13(7-8-15(16)25-18)12-5-4-6-14(9-12)30-21(22,23)24/h4-10H,11H2,1-3H3,(H,27,28). The number of carboxylic acid groups (broad SMARTS) is 1. The van der Waals surface area contributed by atoms with E-state index in [-0.39, 0.29) is 17.0 Å². The van der Waals surface area contributed by atoms with Crippen LogP contribution >= 0.6 is 0 Å². The molecule has 0 saturated heterocycles. The van der Waals surface area contributed by atoms with Crippen molar-refractivity contribution >= 4 is 17.0 Å². The third-order valence-electron chi connectivity index (χ3n) is 4.35. The van der Waals surface area contributed by atoms with Gasteiger partial charge in [-0.1, -0.05) is 39.0 Å². The highest BCUT2D eigenvalue weighted by molar-refractivity contribution is 5.83. The van der Waals surface area contributed by atoms with Crippen LogP contribution in [0, 0.1) is 0 Å². The zero-order chi connectivity index (χ0) is 22.3. The summed E-state index contributed by atoms with van der Waals surface area (Å²) in [6.45, 7) is 4.83. The number of alkyl halides is 3. The largest absolute Gasteiger partial charge is 0.573 e. The molecule has 0 spiro atoms. The first-order valence-corrected chi connectivity index (χ1v) is 8.98. The summed E-state index contributed by atoms with van der Waals surface area (Å²) in [5.74, 6) is -1.58. The average molecular weight is 420 g/mol. The van der Waals surface area contributed by atoms with Crippen molar-refractivity contribution in [2.24, 2.45) is 0 Å². The molecule has 0 aliphatic heterocycles. The second-order valence-electron chi connectivity index (χ2n) is 7.77. The molecular weight excluding hydrogens is 401 g/mol. The first-order valence-electron chi connectivity index (χ1n) is 8.98. The Hall–Kier alpha value is -3.36. The molecule has 0 radical (unpaired) electrons. The van der Waals surface area contributed by atoms with Gasteiger partial charge in [-0.3, -0.25) is 14.2 Å². The van der Waals surface area contributed by atoms with Gasteiger partial charge in [0, 0.05) is 5.41 Å². The molecule has 3 rings (SSSR count). The van der Waals surface area contributed by atoms with Crippen molar-refractivity contribution in [2.45, 2.75) is 39.1 Å². The highest BCUT2D eigenvalue weighted by Crippen LogP contribution is 2.30. The van der Waals surface area contributed by atoms with E-state index in [1.807, 2.05) is 0 Å². The molecule has 0 aliphatic carbocycles. The van der Waals surface area contributed by atoms with Gasteiger partial charge in [0.15, 0.2) is 0 Å². The fraction of sp³-hybridized carbons (Fsp3) is 0.286. The summed E-state index contributed by atoms with van der Waals surface area (Å²) in [6.07, 6.45) is -4.82. The summed E-state index contributed by atoms with van der Waals surface area (Å²) >= 11 is 0. The van der Waals surface area contributed by atoms with Gasteiger partial charge in [-0.05, 0) is 35.4 Å². The number of halogens is 3. The van der Waals surface area contributed by atoms with Crippen molar-refractivity contribution < 1.29 is 27.8 Å². The van der Waals surface area contributed by atoms with Crippen LogP contribution in [-0.2, 0) is 16.8 Å². The molecule has 0 atom stereocenters. The van der Waals surface area contributed by atoms with Gasteiger partial charge in [-0.15, -0.1) is 13.2 Å². The number of hydrogen-bond acceptors (Lipinski definition) is 4. The van der Waals surface area contributed by atoms with E-state index < -0.39 is 29.9 Å². The van der Waals surface area contributed by atoms with E-state index in [0.717, 1.165) is 4.57 Å². The zero-order valence-corrected chi connectivity index (χ0v) is 16.4. The molecule has 1 N–H and O–H groups in total. The Morgan fingerprint density at radius 2 is 1.77 bits per heavy atom. The molecule has 0 fully saturated rings. The first kappa shape index (κ1) is 21.4. The monoisotopic (exact) mass is 420 g/mol. The predicted molar refractivity (Wildman–Crippen MR) is 104 cm³/mol. The van der Waals surface area contributed by atoms with Gasteiger partial charge in [0.2, 0.25) is 0 Å². The molecule has 0 amide bonds. The van der Waals surface area contributed by atoms with Crippen LogP contribution < -0.4 is 10.3 Å². The number of rotatable bonds is 4. The van der Waals surface area contributed by atoms with E-state index >= 15 is 0 Å². The Kier molecular flexibility index (Phi) is 5.32. The minimum absolute atomic E-state index is 0.226. The lowest BCUT2D eigenvalue weighted by Gasteiger charge is -2.20. The molecule has 6 nitrogen and oxygen atoms in total. The summed E-state index contributed by atoms with van der Waals surface area (Å²) in [6, 6.07) is 10.2. The Labute approximate surface area is 169 Å². The molecule has 30 heavy (non-hydrogen) atoms. The Morgan fingerprint density at radius 3 is 2.37 bits per heavy atom. The van der Waals surface area contributed by atoms with Crippen molar-refractivity contribution in [3.63, 3.8) is 0 Å². The fourth-order valence-corrected chi connectivity index (χ4v) is 3.07.